The minimum absolute atomic E-state index is 0.122. The Morgan fingerprint density at radius 3 is 2.84 bits per heavy atom. The van der Waals surface area contributed by atoms with Crippen molar-refractivity contribution in [1.82, 2.24) is 4.37 Å². The van der Waals surface area contributed by atoms with Crippen LogP contribution in [-0.4, -0.2) is 10.2 Å². The van der Waals surface area contributed by atoms with E-state index >= 15 is 0 Å². The highest BCUT2D eigenvalue weighted by Crippen LogP contribution is 2.29. The second-order valence-electron chi connectivity index (χ2n) is 3.96. The summed E-state index contributed by atoms with van der Waals surface area (Å²) in [5, 5.41) is 12.0. The molecule has 0 aliphatic heterocycles. The largest absolute Gasteiger partial charge is 0.343 e. The quantitative estimate of drug-likeness (QED) is 0.872. The predicted molar refractivity (Wildman–Crippen MR) is 71.3 cm³/mol. The Balaban J connectivity index is 2.37. The van der Waals surface area contributed by atoms with E-state index in [1.54, 1.807) is 6.92 Å². The minimum atomic E-state index is -0.542. The van der Waals surface area contributed by atoms with Gasteiger partial charge in [-0.1, -0.05) is 0 Å². The van der Waals surface area contributed by atoms with Gasteiger partial charge >= 0.3 is 0 Å². The average Bonchev–Trinajstić information content (AvgIpc) is 2.73. The standard InChI is InChI=1S/C13H10FN3OS/c1-7-12(8(2)18)13(19-17-7)16-11-4-3-9(6-15)5-10(11)14/h3-5,16H,1-2H3. The number of hydrogen-bond donors (Lipinski definition) is 1. The van der Waals surface area contributed by atoms with Crippen molar-refractivity contribution in [1.29, 1.82) is 5.26 Å². The normalized spacial score (nSPS) is 10.0. The van der Waals surface area contributed by atoms with Crippen LogP contribution in [0.2, 0.25) is 0 Å². The van der Waals surface area contributed by atoms with Crippen molar-refractivity contribution >= 4 is 28.0 Å². The van der Waals surface area contributed by atoms with E-state index < -0.39 is 5.82 Å². The molecule has 96 valence electrons. The van der Waals surface area contributed by atoms with Crippen molar-refractivity contribution in [2.45, 2.75) is 13.8 Å². The minimum Gasteiger partial charge on any atom is -0.343 e. The number of hydrogen-bond acceptors (Lipinski definition) is 5. The van der Waals surface area contributed by atoms with E-state index in [0.717, 1.165) is 17.6 Å². The lowest BCUT2D eigenvalue weighted by Crippen LogP contribution is -2.00. The highest BCUT2D eigenvalue weighted by molar-refractivity contribution is 7.10. The second-order valence-corrected chi connectivity index (χ2v) is 4.73. The molecule has 2 rings (SSSR count). The fourth-order valence-electron chi connectivity index (χ4n) is 1.68. The number of rotatable bonds is 3. The summed E-state index contributed by atoms with van der Waals surface area (Å²) in [6.45, 7) is 3.17. The number of nitrogens with zero attached hydrogens (tertiary/aromatic N) is 2. The number of carbonyl (C=O) groups excluding carboxylic acids is 1. The number of nitrogens with one attached hydrogen (secondary N) is 1. The Hall–Kier alpha value is -2.26. The van der Waals surface area contributed by atoms with Crippen LogP contribution in [-0.2, 0) is 0 Å². The number of Topliss-reactive ketones (excluding diaryl/α,β-unsaturated/α-hetero) is 1. The van der Waals surface area contributed by atoms with Crippen molar-refractivity contribution in [2.24, 2.45) is 0 Å². The predicted octanol–water partition coefficient (Wildman–Crippen LogP) is 3.41. The molecule has 0 unspecified atom stereocenters. The first-order valence-corrected chi connectivity index (χ1v) is 6.24. The zero-order valence-electron chi connectivity index (χ0n) is 10.3. The molecule has 1 aromatic heterocycles. The summed E-state index contributed by atoms with van der Waals surface area (Å²) < 4.78 is 17.8. The Kier molecular flexibility index (Phi) is 3.58. The maximum atomic E-state index is 13.7. The van der Waals surface area contributed by atoms with Crippen LogP contribution in [0.4, 0.5) is 15.1 Å². The third-order valence-corrected chi connectivity index (χ3v) is 3.42. The molecule has 0 aliphatic carbocycles. The lowest BCUT2D eigenvalue weighted by Gasteiger charge is -2.06. The summed E-state index contributed by atoms with van der Waals surface area (Å²) in [5.41, 5.74) is 1.54. The van der Waals surface area contributed by atoms with E-state index in [0.29, 0.717) is 16.3 Å². The first-order chi connectivity index (χ1) is 9.02. The third kappa shape index (κ3) is 2.61. The van der Waals surface area contributed by atoms with E-state index in [9.17, 15) is 9.18 Å². The number of halogens is 1. The lowest BCUT2D eigenvalue weighted by molar-refractivity contribution is 0.101. The van der Waals surface area contributed by atoms with Gasteiger partial charge in [-0.3, -0.25) is 4.79 Å². The van der Waals surface area contributed by atoms with Gasteiger partial charge in [0.1, 0.15) is 10.8 Å². The second kappa shape index (κ2) is 5.16. The fourth-order valence-corrected chi connectivity index (χ4v) is 2.54. The van der Waals surface area contributed by atoms with Crippen LogP contribution in [0, 0.1) is 24.1 Å². The van der Waals surface area contributed by atoms with E-state index in [1.165, 1.54) is 19.1 Å². The molecule has 0 saturated heterocycles. The van der Waals surface area contributed by atoms with E-state index in [1.807, 2.05) is 6.07 Å². The zero-order chi connectivity index (χ0) is 14.0. The van der Waals surface area contributed by atoms with Gasteiger partial charge in [0.2, 0.25) is 0 Å². The smallest absolute Gasteiger partial charge is 0.164 e. The van der Waals surface area contributed by atoms with Crippen LogP contribution in [0.3, 0.4) is 0 Å². The van der Waals surface area contributed by atoms with Gasteiger partial charge in [-0.2, -0.15) is 9.64 Å². The molecule has 19 heavy (non-hydrogen) atoms. The molecule has 1 N–H and O–H groups in total. The Morgan fingerprint density at radius 1 is 1.53 bits per heavy atom. The molecule has 0 amide bonds. The molecule has 0 radical (unpaired) electrons. The van der Waals surface area contributed by atoms with Gasteiger partial charge in [-0.15, -0.1) is 0 Å². The van der Waals surface area contributed by atoms with Crippen LogP contribution in [0.1, 0.15) is 28.5 Å². The molecule has 6 heteroatoms. The van der Waals surface area contributed by atoms with Gasteiger partial charge in [0.25, 0.3) is 0 Å². The van der Waals surface area contributed by atoms with Gasteiger partial charge < -0.3 is 5.32 Å². The highest BCUT2D eigenvalue weighted by atomic mass is 32.1. The molecule has 0 saturated carbocycles. The summed E-state index contributed by atoms with van der Waals surface area (Å²) in [7, 11) is 0. The summed E-state index contributed by atoms with van der Waals surface area (Å²) in [6, 6.07) is 5.98. The summed E-state index contributed by atoms with van der Waals surface area (Å²) in [4.78, 5) is 11.5. The number of nitriles is 1. The molecule has 1 aromatic carbocycles. The molecule has 0 aliphatic rings. The molecule has 0 atom stereocenters. The first-order valence-electron chi connectivity index (χ1n) is 5.47. The van der Waals surface area contributed by atoms with Crippen LogP contribution in [0.5, 0.6) is 0 Å². The molecule has 4 nitrogen and oxygen atoms in total. The van der Waals surface area contributed by atoms with Crippen molar-refractivity contribution in [3.05, 3.63) is 40.8 Å². The van der Waals surface area contributed by atoms with Crippen molar-refractivity contribution < 1.29 is 9.18 Å². The van der Waals surface area contributed by atoms with Gasteiger partial charge in [-0.05, 0) is 43.6 Å². The van der Waals surface area contributed by atoms with Gasteiger partial charge in [0.15, 0.2) is 5.78 Å². The van der Waals surface area contributed by atoms with Gasteiger partial charge in [-0.25, -0.2) is 4.39 Å². The summed E-state index contributed by atoms with van der Waals surface area (Å²) in [6.07, 6.45) is 0. The van der Waals surface area contributed by atoms with Crippen LogP contribution in [0.15, 0.2) is 18.2 Å². The Labute approximate surface area is 113 Å². The number of aromatic nitrogens is 1. The van der Waals surface area contributed by atoms with Gasteiger partial charge in [0, 0.05) is 0 Å². The Morgan fingerprint density at radius 2 is 2.26 bits per heavy atom. The molecule has 2 aromatic rings. The van der Waals surface area contributed by atoms with Crippen molar-refractivity contribution in [3.63, 3.8) is 0 Å². The first kappa shape index (κ1) is 13.2. The maximum absolute atomic E-state index is 13.7. The van der Waals surface area contributed by atoms with Crippen LogP contribution in [0.25, 0.3) is 0 Å². The Bertz CT molecular complexity index is 688. The SMILES string of the molecule is CC(=O)c1c(C)nsc1Nc1ccc(C#N)cc1F. The third-order valence-electron chi connectivity index (χ3n) is 2.56. The molecule has 0 spiro atoms. The van der Waals surface area contributed by atoms with Gasteiger partial charge in [0.05, 0.1) is 28.6 Å². The lowest BCUT2D eigenvalue weighted by atomic mass is 10.1. The number of carbonyl (C=O) groups is 1. The molecular formula is C13H10FN3OS. The van der Waals surface area contributed by atoms with Crippen molar-refractivity contribution in [2.75, 3.05) is 5.32 Å². The number of aryl methyl sites for hydroxylation is 1. The monoisotopic (exact) mass is 275 g/mol. The topological polar surface area (TPSA) is 65.8 Å². The molecule has 0 bridgehead atoms. The molecular weight excluding hydrogens is 265 g/mol. The summed E-state index contributed by atoms with van der Waals surface area (Å²) >= 11 is 1.10. The van der Waals surface area contributed by atoms with E-state index in [-0.39, 0.29) is 17.0 Å². The van der Waals surface area contributed by atoms with E-state index in [2.05, 4.69) is 9.69 Å². The van der Waals surface area contributed by atoms with E-state index in [4.69, 9.17) is 5.26 Å². The average molecular weight is 275 g/mol. The zero-order valence-corrected chi connectivity index (χ0v) is 11.1. The van der Waals surface area contributed by atoms with Crippen LogP contribution < -0.4 is 5.32 Å². The fraction of sp³-hybridized carbons (Fsp3) is 0.154. The summed E-state index contributed by atoms with van der Waals surface area (Å²) in [5.74, 6) is -0.664. The maximum Gasteiger partial charge on any atom is 0.164 e. The molecule has 0 fully saturated rings. The van der Waals surface area contributed by atoms with Crippen LogP contribution >= 0.6 is 11.5 Å². The number of ketones is 1. The number of benzene rings is 1. The van der Waals surface area contributed by atoms with Crippen molar-refractivity contribution in [3.8, 4) is 6.07 Å². The number of anilines is 2. The highest BCUT2D eigenvalue weighted by Gasteiger charge is 2.16. The molecule has 1 heterocycles.